The van der Waals surface area contributed by atoms with Gasteiger partial charge in [-0.1, -0.05) is 30.3 Å². The minimum absolute atomic E-state index is 0.0743. The van der Waals surface area contributed by atoms with Crippen molar-refractivity contribution in [2.24, 2.45) is 4.99 Å². The summed E-state index contributed by atoms with van der Waals surface area (Å²) in [6.07, 6.45) is 2.03. The first kappa shape index (κ1) is 22.0. The Morgan fingerprint density at radius 1 is 1.17 bits per heavy atom. The molecule has 6 heteroatoms. The van der Waals surface area contributed by atoms with Gasteiger partial charge in [-0.15, -0.1) is 0 Å². The first-order valence-electron chi connectivity index (χ1n) is 10.5. The summed E-state index contributed by atoms with van der Waals surface area (Å²) in [5, 5.41) is 3.51. The van der Waals surface area contributed by atoms with Crippen molar-refractivity contribution in [1.29, 1.82) is 0 Å². The number of nitrogens with one attached hydrogen (secondary N) is 1. The molecule has 1 saturated heterocycles. The van der Waals surface area contributed by atoms with Crippen LogP contribution in [0.25, 0.3) is 0 Å². The molecule has 0 radical (unpaired) electrons. The predicted molar refractivity (Wildman–Crippen MR) is 121 cm³/mol. The number of methoxy groups -OCH3 is 2. The van der Waals surface area contributed by atoms with Gasteiger partial charge in [-0.2, -0.15) is 0 Å². The Morgan fingerprint density at radius 3 is 2.70 bits per heavy atom. The molecule has 2 aromatic rings. The lowest BCUT2D eigenvalue weighted by Crippen LogP contribution is -2.48. The molecule has 2 aromatic carbocycles. The van der Waals surface area contributed by atoms with E-state index in [1.54, 1.807) is 14.2 Å². The monoisotopic (exact) mass is 411 g/mol. The minimum atomic E-state index is 0.0743. The summed E-state index contributed by atoms with van der Waals surface area (Å²) < 4.78 is 16.8. The quantitative estimate of drug-likeness (QED) is 0.429. The maximum absolute atomic E-state index is 6.05. The van der Waals surface area contributed by atoms with Crippen molar-refractivity contribution in [2.75, 3.05) is 47.5 Å². The molecule has 162 valence electrons. The van der Waals surface area contributed by atoms with Gasteiger partial charge in [0.15, 0.2) is 17.5 Å². The molecule has 0 saturated carbocycles. The highest BCUT2D eigenvalue weighted by molar-refractivity contribution is 5.80. The summed E-state index contributed by atoms with van der Waals surface area (Å²) in [4.78, 5) is 6.78. The van der Waals surface area contributed by atoms with E-state index in [0.29, 0.717) is 6.61 Å². The number of rotatable bonds is 7. The SMILES string of the molecule is CN=C(NCCCc1ccc(OC)c(OC)c1)N1CCOC(c2ccccc2C)C1. The summed E-state index contributed by atoms with van der Waals surface area (Å²) in [6.45, 7) is 5.34. The Kier molecular flexibility index (Phi) is 7.97. The van der Waals surface area contributed by atoms with E-state index in [2.05, 4.69) is 52.5 Å². The highest BCUT2D eigenvalue weighted by atomic mass is 16.5. The van der Waals surface area contributed by atoms with E-state index >= 15 is 0 Å². The number of morpholine rings is 1. The van der Waals surface area contributed by atoms with Gasteiger partial charge in [-0.3, -0.25) is 4.99 Å². The van der Waals surface area contributed by atoms with Crippen LogP contribution in [-0.4, -0.2) is 58.4 Å². The molecule has 0 bridgehead atoms. The number of guanidine groups is 1. The molecule has 1 aliphatic heterocycles. The highest BCUT2D eigenvalue weighted by Crippen LogP contribution is 2.28. The molecule has 1 fully saturated rings. The number of hydrogen-bond donors (Lipinski definition) is 1. The van der Waals surface area contributed by atoms with Crippen LogP contribution in [0.2, 0.25) is 0 Å². The molecular formula is C24H33N3O3. The van der Waals surface area contributed by atoms with Crippen LogP contribution in [0, 0.1) is 6.92 Å². The molecule has 3 rings (SSSR count). The maximum Gasteiger partial charge on any atom is 0.193 e. The fourth-order valence-electron chi connectivity index (χ4n) is 3.84. The number of aryl methyl sites for hydroxylation is 2. The molecule has 0 aliphatic carbocycles. The first-order valence-corrected chi connectivity index (χ1v) is 10.5. The van der Waals surface area contributed by atoms with E-state index in [4.69, 9.17) is 14.2 Å². The number of ether oxygens (including phenoxy) is 3. The summed E-state index contributed by atoms with van der Waals surface area (Å²) in [5.74, 6) is 2.47. The number of benzene rings is 2. The molecule has 1 atom stereocenters. The van der Waals surface area contributed by atoms with Crippen molar-refractivity contribution in [3.05, 3.63) is 59.2 Å². The van der Waals surface area contributed by atoms with Crippen LogP contribution in [0.1, 0.15) is 29.2 Å². The second kappa shape index (κ2) is 10.9. The van der Waals surface area contributed by atoms with Gasteiger partial charge in [-0.25, -0.2) is 0 Å². The van der Waals surface area contributed by atoms with Crippen molar-refractivity contribution < 1.29 is 14.2 Å². The zero-order valence-electron chi connectivity index (χ0n) is 18.5. The largest absolute Gasteiger partial charge is 0.493 e. The van der Waals surface area contributed by atoms with Crippen molar-refractivity contribution in [3.8, 4) is 11.5 Å². The Balaban J connectivity index is 1.51. The molecule has 30 heavy (non-hydrogen) atoms. The van der Waals surface area contributed by atoms with Gasteiger partial charge in [0.1, 0.15) is 6.10 Å². The lowest BCUT2D eigenvalue weighted by molar-refractivity contribution is -0.00830. The summed E-state index contributed by atoms with van der Waals surface area (Å²) in [5.41, 5.74) is 3.75. The minimum Gasteiger partial charge on any atom is -0.493 e. The van der Waals surface area contributed by atoms with E-state index in [1.807, 2.05) is 19.2 Å². The number of nitrogens with zero attached hydrogens (tertiary/aromatic N) is 2. The average Bonchev–Trinajstić information content (AvgIpc) is 2.79. The van der Waals surface area contributed by atoms with E-state index in [-0.39, 0.29) is 6.10 Å². The van der Waals surface area contributed by atoms with Crippen LogP contribution in [0.3, 0.4) is 0 Å². The lowest BCUT2D eigenvalue weighted by Gasteiger charge is -2.35. The normalized spacial score (nSPS) is 17.0. The van der Waals surface area contributed by atoms with Crippen LogP contribution >= 0.6 is 0 Å². The summed E-state index contributed by atoms with van der Waals surface area (Å²) >= 11 is 0. The van der Waals surface area contributed by atoms with E-state index in [0.717, 1.165) is 49.9 Å². The molecule has 0 aromatic heterocycles. The molecule has 1 unspecified atom stereocenters. The van der Waals surface area contributed by atoms with E-state index < -0.39 is 0 Å². The lowest BCUT2D eigenvalue weighted by atomic mass is 10.0. The van der Waals surface area contributed by atoms with Crippen molar-refractivity contribution in [2.45, 2.75) is 25.9 Å². The maximum atomic E-state index is 6.05. The van der Waals surface area contributed by atoms with Crippen LogP contribution in [-0.2, 0) is 11.2 Å². The standard InChI is InChI=1S/C24H33N3O3/c1-18-8-5-6-10-20(18)23-17-27(14-15-30-23)24(25-2)26-13-7-9-19-11-12-21(28-3)22(16-19)29-4/h5-6,8,10-12,16,23H,7,9,13-15,17H2,1-4H3,(H,25,26). The zero-order chi connectivity index (χ0) is 21.3. The fraction of sp³-hybridized carbons (Fsp3) is 0.458. The van der Waals surface area contributed by atoms with Gasteiger partial charge >= 0.3 is 0 Å². The van der Waals surface area contributed by atoms with Crippen LogP contribution in [0.5, 0.6) is 11.5 Å². The first-order chi connectivity index (χ1) is 14.7. The third-order valence-corrected chi connectivity index (χ3v) is 5.49. The Labute approximate surface area is 179 Å². The summed E-state index contributed by atoms with van der Waals surface area (Å²) in [6, 6.07) is 14.5. The van der Waals surface area contributed by atoms with Crippen molar-refractivity contribution in [1.82, 2.24) is 10.2 Å². The molecule has 1 aliphatic rings. The third-order valence-electron chi connectivity index (χ3n) is 5.49. The zero-order valence-corrected chi connectivity index (χ0v) is 18.5. The fourth-order valence-corrected chi connectivity index (χ4v) is 3.84. The Bertz CT molecular complexity index is 853. The second-order valence-corrected chi connectivity index (χ2v) is 7.43. The topological polar surface area (TPSA) is 55.3 Å². The van der Waals surface area contributed by atoms with Gasteiger partial charge in [0.2, 0.25) is 0 Å². The predicted octanol–water partition coefficient (Wildman–Crippen LogP) is 3.59. The van der Waals surface area contributed by atoms with Crippen LogP contribution < -0.4 is 14.8 Å². The number of aliphatic imine (C=N–C) groups is 1. The molecule has 1 N–H and O–H groups in total. The summed E-state index contributed by atoms with van der Waals surface area (Å²) in [7, 11) is 5.16. The van der Waals surface area contributed by atoms with Crippen molar-refractivity contribution in [3.63, 3.8) is 0 Å². The van der Waals surface area contributed by atoms with Gasteiger partial charge in [0, 0.05) is 20.1 Å². The van der Waals surface area contributed by atoms with Gasteiger partial charge in [-0.05, 0) is 48.6 Å². The van der Waals surface area contributed by atoms with E-state index in [9.17, 15) is 0 Å². The molecule has 6 nitrogen and oxygen atoms in total. The van der Waals surface area contributed by atoms with Crippen LogP contribution in [0.15, 0.2) is 47.5 Å². The molecule has 0 spiro atoms. The Hall–Kier alpha value is -2.73. The smallest absolute Gasteiger partial charge is 0.193 e. The highest BCUT2D eigenvalue weighted by Gasteiger charge is 2.24. The Morgan fingerprint density at radius 2 is 1.97 bits per heavy atom. The second-order valence-electron chi connectivity index (χ2n) is 7.43. The molecule has 1 heterocycles. The molecular weight excluding hydrogens is 378 g/mol. The van der Waals surface area contributed by atoms with Gasteiger partial charge in [0.25, 0.3) is 0 Å². The van der Waals surface area contributed by atoms with Gasteiger partial charge < -0.3 is 24.4 Å². The third kappa shape index (κ3) is 5.45. The van der Waals surface area contributed by atoms with E-state index in [1.165, 1.54) is 16.7 Å². The van der Waals surface area contributed by atoms with Crippen molar-refractivity contribution >= 4 is 5.96 Å². The average molecular weight is 412 g/mol. The van der Waals surface area contributed by atoms with Gasteiger partial charge in [0.05, 0.1) is 27.4 Å². The van der Waals surface area contributed by atoms with Crippen LogP contribution in [0.4, 0.5) is 0 Å². The number of hydrogen-bond acceptors (Lipinski definition) is 4. The molecule has 0 amide bonds.